The van der Waals surface area contributed by atoms with Gasteiger partial charge < -0.3 is 5.11 Å². The first kappa shape index (κ1) is 8.62. The van der Waals surface area contributed by atoms with Gasteiger partial charge in [-0.05, 0) is 23.8 Å². The van der Waals surface area contributed by atoms with Crippen LogP contribution in [0, 0.1) is 0 Å². The molecule has 0 unspecified atom stereocenters. The van der Waals surface area contributed by atoms with Crippen molar-refractivity contribution in [3.63, 3.8) is 0 Å². The second-order valence-electron chi connectivity index (χ2n) is 2.96. The number of carbonyl (C=O) groups is 1. The van der Waals surface area contributed by atoms with Crippen LogP contribution in [0.5, 0.6) is 0 Å². The van der Waals surface area contributed by atoms with Crippen molar-refractivity contribution in [1.29, 1.82) is 0 Å². The van der Waals surface area contributed by atoms with E-state index >= 15 is 0 Å². The number of carboxylic acid groups (broad SMARTS) is 1. The van der Waals surface area contributed by atoms with E-state index < -0.39 is 5.97 Å². The quantitative estimate of drug-likeness (QED) is 0.770. The lowest BCUT2D eigenvalue weighted by Crippen LogP contribution is -2.00. The van der Waals surface area contributed by atoms with Crippen molar-refractivity contribution >= 4 is 17.0 Å². The highest BCUT2D eigenvalue weighted by Gasteiger charge is 2.02. The molecule has 1 N–H and O–H groups in total. The number of fused-ring (bicyclic) bond motifs is 1. The van der Waals surface area contributed by atoms with E-state index in [0.717, 1.165) is 5.39 Å². The van der Waals surface area contributed by atoms with Gasteiger partial charge in [0.25, 0.3) is 0 Å². The van der Waals surface area contributed by atoms with Crippen LogP contribution in [0.2, 0.25) is 0 Å². The molecule has 2 aromatic rings. The molecule has 0 spiro atoms. The van der Waals surface area contributed by atoms with Crippen LogP contribution in [0.15, 0.2) is 30.6 Å². The molecule has 0 aliphatic heterocycles. The van der Waals surface area contributed by atoms with Crippen molar-refractivity contribution in [1.82, 2.24) is 9.97 Å². The summed E-state index contributed by atoms with van der Waals surface area (Å²) in [7, 11) is 0. The molecule has 0 aliphatic carbocycles. The summed E-state index contributed by atoms with van der Waals surface area (Å²) >= 11 is 0. The molecule has 0 bridgehead atoms. The third-order valence-corrected chi connectivity index (χ3v) is 1.87. The van der Waals surface area contributed by atoms with Crippen molar-refractivity contribution in [3.05, 3.63) is 36.2 Å². The van der Waals surface area contributed by atoms with Gasteiger partial charge in [0.1, 0.15) is 0 Å². The highest BCUT2D eigenvalue weighted by Crippen LogP contribution is 2.10. The average molecular weight is 188 g/mol. The fraction of sp³-hybridized carbons (Fsp3) is 0.100. The topological polar surface area (TPSA) is 63.1 Å². The molecule has 0 amide bonds. The van der Waals surface area contributed by atoms with Crippen LogP contribution < -0.4 is 0 Å². The van der Waals surface area contributed by atoms with E-state index in [1.807, 2.05) is 6.07 Å². The molecule has 0 atom stereocenters. The van der Waals surface area contributed by atoms with Crippen molar-refractivity contribution < 1.29 is 9.90 Å². The third kappa shape index (κ3) is 1.69. The second kappa shape index (κ2) is 3.41. The molecule has 0 aromatic carbocycles. The standard InChI is InChI=1S/C10H8N2O2/c13-9(14)5-7-4-8-2-1-3-11-10(8)12-6-7/h1-4,6H,5H2,(H,13,14). The lowest BCUT2D eigenvalue weighted by Gasteiger charge is -1.98. The molecule has 4 nitrogen and oxygen atoms in total. The Morgan fingerprint density at radius 2 is 2.29 bits per heavy atom. The second-order valence-corrected chi connectivity index (χ2v) is 2.96. The minimum Gasteiger partial charge on any atom is -0.481 e. The molecule has 0 radical (unpaired) electrons. The summed E-state index contributed by atoms with van der Waals surface area (Å²) in [5.41, 5.74) is 1.33. The predicted molar refractivity (Wildman–Crippen MR) is 50.9 cm³/mol. The molecule has 2 rings (SSSR count). The summed E-state index contributed by atoms with van der Waals surface area (Å²) in [4.78, 5) is 18.6. The van der Waals surface area contributed by atoms with Crippen LogP contribution in [-0.4, -0.2) is 21.0 Å². The third-order valence-electron chi connectivity index (χ3n) is 1.87. The fourth-order valence-electron chi connectivity index (χ4n) is 1.28. The Morgan fingerprint density at radius 3 is 3.07 bits per heavy atom. The van der Waals surface area contributed by atoms with Crippen molar-refractivity contribution in [2.75, 3.05) is 0 Å². The van der Waals surface area contributed by atoms with Crippen molar-refractivity contribution in [3.8, 4) is 0 Å². The number of rotatable bonds is 2. The Hall–Kier alpha value is -1.97. The van der Waals surface area contributed by atoms with Crippen LogP contribution in [0.1, 0.15) is 5.56 Å². The van der Waals surface area contributed by atoms with Crippen LogP contribution >= 0.6 is 0 Å². The zero-order valence-corrected chi connectivity index (χ0v) is 7.34. The Balaban J connectivity index is 2.46. The van der Waals surface area contributed by atoms with Gasteiger partial charge >= 0.3 is 5.97 Å². The zero-order valence-electron chi connectivity index (χ0n) is 7.34. The van der Waals surface area contributed by atoms with E-state index in [1.165, 1.54) is 0 Å². The van der Waals surface area contributed by atoms with Crippen LogP contribution in [0.3, 0.4) is 0 Å². The molecule has 4 heteroatoms. The number of hydrogen-bond donors (Lipinski definition) is 1. The Morgan fingerprint density at radius 1 is 1.43 bits per heavy atom. The maximum atomic E-state index is 10.5. The van der Waals surface area contributed by atoms with Crippen LogP contribution in [-0.2, 0) is 11.2 Å². The zero-order chi connectivity index (χ0) is 9.97. The Labute approximate surface area is 80.2 Å². The molecule has 0 saturated heterocycles. The summed E-state index contributed by atoms with van der Waals surface area (Å²) in [5.74, 6) is -0.852. The highest BCUT2D eigenvalue weighted by molar-refractivity contribution is 5.77. The van der Waals surface area contributed by atoms with Gasteiger partial charge in [0.05, 0.1) is 6.42 Å². The molecule has 0 aliphatic rings. The van der Waals surface area contributed by atoms with E-state index in [9.17, 15) is 4.79 Å². The average Bonchev–Trinajstić information content (AvgIpc) is 2.17. The number of hydrogen-bond acceptors (Lipinski definition) is 3. The number of aromatic nitrogens is 2. The minimum absolute atomic E-state index is 0.00215. The number of aliphatic carboxylic acids is 1. The largest absolute Gasteiger partial charge is 0.481 e. The van der Waals surface area contributed by atoms with E-state index in [-0.39, 0.29) is 6.42 Å². The normalized spacial score (nSPS) is 10.3. The molecule has 0 fully saturated rings. The highest BCUT2D eigenvalue weighted by atomic mass is 16.4. The summed E-state index contributed by atoms with van der Waals surface area (Å²) in [6.07, 6.45) is 3.20. The summed E-state index contributed by atoms with van der Waals surface area (Å²) in [5, 5.41) is 9.46. The molecule has 14 heavy (non-hydrogen) atoms. The van der Waals surface area contributed by atoms with Crippen LogP contribution in [0.4, 0.5) is 0 Å². The van der Waals surface area contributed by atoms with Gasteiger partial charge in [-0.15, -0.1) is 0 Å². The Kier molecular flexibility index (Phi) is 2.10. The van der Waals surface area contributed by atoms with E-state index in [2.05, 4.69) is 9.97 Å². The molecule has 2 aromatic heterocycles. The molecule has 0 saturated carbocycles. The SMILES string of the molecule is O=C(O)Cc1cnc2ncccc2c1. The van der Waals surface area contributed by atoms with E-state index in [4.69, 9.17) is 5.11 Å². The number of carboxylic acids is 1. The molecule has 2 heterocycles. The van der Waals surface area contributed by atoms with Crippen molar-refractivity contribution in [2.24, 2.45) is 0 Å². The lowest BCUT2D eigenvalue weighted by atomic mass is 10.1. The lowest BCUT2D eigenvalue weighted by molar-refractivity contribution is -0.136. The maximum Gasteiger partial charge on any atom is 0.307 e. The van der Waals surface area contributed by atoms with Crippen molar-refractivity contribution in [2.45, 2.75) is 6.42 Å². The Bertz CT molecular complexity index is 482. The molecular weight excluding hydrogens is 180 g/mol. The van der Waals surface area contributed by atoms with Gasteiger partial charge in [-0.3, -0.25) is 4.79 Å². The molecular formula is C10H8N2O2. The first-order valence-electron chi connectivity index (χ1n) is 4.17. The smallest absolute Gasteiger partial charge is 0.307 e. The first-order chi connectivity index (χ1) is 6.75. The fourth-order valence-corrected chi connectivity index (χ4v) is 1.28. The number of nitrogens with zero attached hydrogens (tertiary/aromatic N) is 2. The summed E-state index contributed by atoms with van der Waals surface area (Å²) in [6, 6.07) is 5.46. The minimum atomic E-state index is -0.852. The van der Waals surface area contributed by atoms with Gasteiger partial charge in [0.15, 0.2) is 5.65 Å². The first-order valence-corrected chi connectivity index (χ1v) is 4.17. The van der Waals surface area contributed by atoms with E-state index in [0.29, 0.717) is 11.2 Å². The van der Waals surface area contributed by atoms with Gasteiger partial charge in [-0.2, -0.15) is 0 Å². The number of pyridine rings is 2. The monoisotopic (exact) mass is 188 g/mol. The van der Waals surface area contributed by atoms with Crippen LogP contribution in [0.25, 0.3) is 11.0 Å². The van der Waals surface area contributed by atoms with Gasteiger partial charge in [0, 0.05) is 17.8 Å². The maximum absolute atomic E-state index is 10.5. The summed E-state index contributed by atoms with van der Waals surface area (Å²) < 4.78 is 0. The van der Waals surface area contributed by atoms with Gasteiger partial charge in [0.2, 0.25) is 0 Å². The predicted octanol–water partition coefficient (Wildman–Crippen LogP) is 1.26. The van der Waals surface area contributed by atoms with Gasteiger partial charge in [-0.1, -0.05) is 0 Å². The van der Waals surface area contributed by atoms with E-state index in [1.54, 1.807) is 24.5 Å². The van der Waals surface area contributed by atoms with Gasteiger partial charge in [-0.25, -0.2) is 9.97 Å². The summed E-state index contributed by atoms with van der Waals surface area (Å²) in [6.45, 7) is 0. The molecule has 70 valence electrons.